The van der Waals surface area contributed by atoms with E-state index in [1.54, 1.807) is 0 Å². The lowest BCUT2D eigenvalue weighted by Gasteiger charge is -2.31. The molecule has 0 unspecified atom stereocenters. The SMILES string of the molecule is COc1ccnc(C(=O)C[C@H]2COC[C@H](Cc3ccccc3)[C@@H](OCC(C)C)[C@H](C)OC2=O)c1OC(C)=O. The number of carbonyl (C=O) groups excluding carboxylic acids is 3. The second-order valence-corrected chi connectivity index (χ2v) is 9.93. The van der Waals surface area contributed by atoms with Crippen molar-refractivity contribution >= 4 is 17.7 Å². The molecule has 0 N–H and O–H groups in total. The molecule has 0 spiro atoms. The van der Waals surface area contributed by atoms with E-state index in [1.165, 1.54) is 26.3 Å². The highest BCUT2D eigenvalue weighted by Crippen LogP contribution is 2.32. The fraction of sp³-hybridized carbons (Fsp3) is 0.517. The number of ether oxygens (including phenoxy) is 5. The maximum Gasteiger partial charge on any atom is 0.312 e. The maximum absolute atomic E-state index is 13.2. The summed E-state index contributed by atoms with van der Waals surface area (Å²) in [5, 5.41) is 0. The average Bonchev–Trinajstić information content (AvgIpc) is 2.92. The average molecular weight is 528 g/mol. The van der Waals surface area contributed by atoms with Gasteiger partial charge in [0.1, 0.15) is 6.10 Å². The molecule has 1 aromatic heterocycles. The molecule has 1 aliphatic rings. The summed E-state index contributed by atoms with van der Waals surface area (Å²) < 4.78 is 28.5. The van der Waals surface area contributed by atoms with Gasteiger partial charge in [0.25, 0.3) is 0 Å². The molecule has 1 aliphatic heterocycles. The number of rotatable bonds is 10. The lowest BCUT2D eigenvalue weighted by atomic mass is 9.91. The zero-order valence-corrected chi connectivity index (χ0v) is 22.7. The number of hydrogen-bond acceptors (Lipinski definition) is 9. The van der Waals surface area contributed by atoms with E-state index < -0.39 is 29.7 Å². The molecule has 38 heavy (non-hydrogen) atoms. The standard InChI is InChI=1S/C29H37NO8/c1-18(2)15-36-27-19(3)37-29(33)23(17-35-16-22(27)13-21-9-7-6-8-10-21)14-24(32)26-28(38-20(4)31)25(34-5)11-12-30-26/h6-12,18-19,22-23,27H,13-17H2,1-5H3/t19-,22-,23-,27-/m0/s1. The topological polar surface area (TPSA) is 110 Å². The first-order valence-electron chi connectivity index (χ1n) is 12.9. The lowest BCUT2D eigenvalue weighted by Crippen LogP contribution is -2.40. The summed E-state index contributed by atoms with van der Waals surface area (Å²) in [6.07, 6.45) is 0.895. The number of nitrogens with zero attached hydrogens (tertiary/aromatic N) is 1. The summed E-state index contributed by atoms with van der Waals surface area (Å²) in [5.74, 6) is -2.20. The number of benzene rings is 1. The maximum atomic E-state index is 13.2. The van der Waals surface area contributed by atoms with Gasteiger partial charge in [-0.15, -0.1) is 0 Å². The highest BCUT2D eigenvalue weighted by molar-refractivity contribution is 6.00. The van der Waals surface area contributed by atoms with E-state index >= 15 is 0 Å². The van der Waals surface area contributed by atoms with Crippen LogP contribution in [0.5, 0.6) is 11.5 Å². The number of methoxy groups -OCH3 is 1. The summed E-state index contributed by atoms with van der Waals surface area (Å²) in [6, 6.07) is 11.5. The number of aromatic nitrogens is 1. The van der Waals surface area contributed by atoms with Crippen molar-refractivity contribution in [1.82, 2.24) is 4.98 Å². The molecule has 0 amide bonds. The van der Waals surface area contributed by atoms with Crippen LogP contribution in [0.3, 0.4) is 0 Å². The zero-order valence-electron chi connectivity index (χ0n) is 22.7. The molecule has 0 bridgehead atoms. The summed E-state index contributed by atoms with van der Waals surface area (Å²) in [7, 11) is 1.39. The van der Waals surface area contributed by atoms with E-state index in [2.05, 4.69) is 18.8 Å². The minimum absolute atomic E-state index is 0.00759. The molecule has 4 atom stereocenters. The van der Waals surface area contributed by atoms with Gasteiger partial charge in [-0.25, -0.2) is 4.98 Å². The first-order valence-corrected chi connectivity index (χ1v) is 12.9. The first kappa shape index (κ1) is 29.3. The van der Waals surface area contributed by atoms with Crippen LogP contribution in [0.2, 0.25) is 0 Å². The zero-order chi connectivity index (χ0) is 27.7. The van der Waals surface area contributed by atoms with E-state index in [4.69, 9.17) is 23.7 Å². The van der Waals surface area contributed by atoms with Crippen LogP contribution in [0.4, 0.5) is 0 Å². The van der Waals surface area contributed by atoms with Gasteiger partial charge < -0.3 is 23.7 Å². The number of ketones is 1. The van der Waals surface area contributed by atoms with Crippen LogP contribution in [0, 0.1) is 17.8 Å². The summed E-state index contributed by atoms with van der Waals surface area (Å²) >= 11 is 0. The number of carbonyl (C=O) groups is 3. The monoisotopic (exact) mass is 527 g/mol. The Kier molecular flexibility index (Phi) is 10.8. The Hall–Kier alpha value is -3.30. The Morgan fingerprint density at radius 1 is 1.13 bits per heavy atom. The quantitative estimate of drug-likeness (QED) is 0.334. The molecule has 3 rings (SSSR count). The minimum atomic E-state index is -0.871. The van der Waals surface area contributed by atoms with Crippen LogP contribution in [-0.4, -0.2) is 61.8 Å². The first-order chi connectivity index (χ1) is 18.2. The van der Waals surface area contributed by atoms with Gasteiger partial charge in [-0.1, -0.05) is 44.2 Å². The predicted octanol–water partition coefficient (Wildman–Crippen LogP) is 4.07. The molecule has 206 valence electrons. The molecule has 2 aromatic rings. The van der Waals surface area contributed by atoms with Crippen molar-refractivity contribution in [2.75, 3.05) is 26.9 Å². The van der Waals surface area contributed by atoms with E-state index in [-0.39, 0.29) is 42.2 Å². The van der Waals surface area contributed by atoms with Gasteiger partial charge in [0.2, 0.25) is 5.75 Å². The molecule has 0 radical (unpaired) electrons. The fourth-order valence-electron chi connectivity index (χ4n) is 4.42. The minimum Gasteiger partial charge on any atom is -0.493 e. The van der Waals surface area contributed by atoms with Crippen molar-refractivity contribution < 1.29 is 38.1 Å². The van der Waals surface area contributed by atoms with Gasteiger partial charge in [-0.2, -0.15) is 0 Å². The van der Waals surface area contributed by atoms with Crippen molar-refractivity contribution in [3.8, 4) is 11.5 Å². The molecular formula is C29H37NO8. The van der Waals surface area contributed by atoms with E-state index in [9.17, 15) is 14.4 Å². The van der Waals surface area contributed by atoms with Crippen molar-refractivity contribution in [1.29, 1.82) is 0 Å². The Labute approximate surface area is 223 Å². The highest BCUT2D eigenvalue weighted by Gasteiger charge is 2.36. The second-order valence-electron chi connectivity index (χ2n) is 9.93. The van der Waals surface area contributed by atoms with Crippen molar-refractivity contribution in [3.05, 3.63) is 53.9 Å². The lowest BCUT2D eigenvalue weighted by molar-refractivity contribution is -0.163. The molecule has 0 aliphatic carbocycles. The van der Waals surface area contributed by atoms with Crippen LogP contribution in [-0.2, 0) is 30.2 Å². The Balaban J connectivity index is 1.81. The molecule has 1 aromatic carbocycles. The van der Waals surface area contributed by atoms with Gasteiger partial charge in [-0.05, 0) is 24.8 Å². The smallest absolute Gasteiger partial charge is 0.312 e. The number of hydrogen-bond donors (Lipinski definition) is 0. The van der Waals surface area contributed by atoms with Gasteiger partial charge in [-0.3, -0.25) is 14.4 Å². The third-order valence-electron chi connectivity index (χ3n) is 6.21. The Bertz CT molecular complexity index is 1090. The van der Waals surface area contributed by atoms with Crippen LogP contribution in [0.15, 0.2) is 42.6 Å². The Morgan fingerprint density at radius 3 is 2.53 bits per heavy atom. The third kappa shape index (κ3) is 8.10. The van der Waals surface area contributed by atoms with Crippen LogP contribution in [0.1, 0.15) is 50.2 Å². The van der Waals surface area contributed by atoms with Crippen molar-refractivity contribution in [3.63, 3.8) is 0 Å². The predicted molar refractivity (Wildman–Crippen MR) is 139 cm³/mol. The van der Waals surface area contributed by atoms with E-state index in [0.717, 1.165) is 5.56 Å². The number of cyclic esters (lactones) is 1. The summed E-state index contributed by atoms with van der Waals surface area (Å²) in [5.41, 5.74) is 1.03. The van der Waals surface area contributed by atoms with Gasteiger partial charge in [0.05, 0.1) is 32.3 Å². The molecule has 9 nitrogen and oxygen atoms in total. The largest absolute Gasteiger partial charge is 0.493 e. The van der Waals surface area contributed by atoms with Gasteiger partial charge in [0, 0.05) is 38.1 Å². The van der Waals surface area contributed by atoms with Crippen LogP contribution < -0.4 is 9.47 Å². The molecular weight excluding hydrogens is 490 g/mol. The number of pyridine rings is 1. The van der Waals surface area contributed by atoms with E-state index in [1.807, 2.05) is 37.3 Å². The van der Waals surface area contributed by atoms with Gasteiger partial charge in [0.15, 0.2) is 17.2 Å². The molecule has 9 heteroatoms. The Morgan fingerprint density at radius 2 is 1.87 bits per heavy atom. The molecule has 1 saturated heterocycles. The van der Waals surface area contributed by atoms with Crippen LogP contribution in [0.25, 0.3) is 0 Å². The summed E-state index contributed by atoms with van der Waals surface area (Å²) in [6.45, 7) is 7.99. The van der Waals surface area contributed by atoms with Crippen molar-refractivity contribution in [2.45, 2.75) is 52.7 Å². The fourth-order valence-corrected chi connectivity index (χ4v) is 4.42. The van der Waals surface area contributed by atoms with Gasteiger partial charge >= 0.3 is 11.9 Å². The van der Waals surface area contributed by atoms with Crippen molar-refractivity contribution in [2.24, 2.45) is 17.8 Å². The number of esters is 2. The van der Waals surface area contributed by atoms with Crippen LogP contribution >= 0.6 is 0 Å². The molecule has 1 fully saturated rings. The molecule has 2 heterocycles. The molecule has 0 saturated carbocycles. The van der Waals surface area contributed by atoms with E-state index in [0.29, 0.717) is 25.6 Å². The highest BCUT2D eigenvalue weighted by atomic mass is 16.6. The second kappa shape index (κ2) is 14.0. The third-order valence-corrected chi connectivity index (χ3v) is 6.21. The number of Topliss-reactive ketones (excluding diaryl/α,β-unsaturated/α-hetero) is 1. The normalized spacial score (nSPS) is 22.1. The summed E-state index contributed by atoms with van der Waals surface area (Å²) in [4.78, 5) is 42.2.